The number of nitrogens with two attached hydrogens (primary N) is 1. The molecule has 0 aliphatic carbocycles. The number of ketones is 1. The lowest BCUT2D eigenvalue weighted by Crippen LogP contribution is -2.27. The fourth-order valence-corrected chi connectivity index (χ4v) is 1.39. The minimum Gasteiger partial charge on any atom is -0.321 e. The van der Waals surface area contributed by atoms with Crippen molar-refractivity contribution < 1.29 is 4.79 Å². The van der Waals surface area contributed by atoms with Crippen LogP contribution in [0.2, 0.25) is 0 Å². The van der Waals surface area contributed by atoms with Gasteiger partial charge in [-0.15, -0.1) is 0 Å². The van der Waals surface area contributed by atoms with Gasteiger partial charge in [0.25, 0.3) is 0 Å². The number of aromatic nitrogens is 3. The van der Waals surface area contributed by atoms with E-state index in [0.717, 1.165) is 11.3 Å². The summed E-state index contributed by atoms with van der Waals surface area (Å²) in [5.74, 6) is -0.127. The summed E-state index contributed by atoms with van der Waals surface area (Å²) in [4.78, 5) is 15.7. The summed E-state index contributed by atoms with van der Waals surface area (Å²) >= 11 is 0. The molecule has 15 heavy (non-hydrogen) atoms. The first kappa shape index (κ1) is 9.79. The second-order valence-electron chi connectivity index (χ2n) is 3.58. The molecule has 5 heteroatoms. The van der Waals surface area contributed by atoms with E-state index in [1.807, 2.05) is 13.0 Å². The molecule has 0 aromatic carbocycles. The second-order valence-corrected chi connectivity index (χ2v) is 3.58. The molecule has 0 radical (unpaired) electrons. The van der Waals surface area contributed by atoms with Crippen molar-refractivity contribution in [3.05, 3.63) is 29.7 Å². The molecule has 0 aliphatic rings. The Hall–Kier alpha value is -1.75. The Morgan fingerprint density at radius 3 is 3.00 bits per heavy atom. The number of hydrogen-bond donors (Lipinski definition) is 1. The summed E-state index contributed by atoms with van der Waals surface area (Å²) in [5.41, 5.74) is 7.60. The highest BCUT2D eigenvalue weighted by Gasteiger charge is 2.12. The summed E-state index contributed by atoms with van der Waals surface area (Å²) in [6, 6.07) is 1.33. The predicted octanol–water partition coefficient (Wildman–Crippen LogP) is 0.568. The van der Waals surface area contributed by atoms with Crippen LogP contribution in [0.4, 0.5) is 0 Å². The van der Waals surface area contributed by atoms with Gasteiger partial charge in [0, 0.05) is 18.5 Å². The van der Waals surface area contributed by atoms with Gasteiger partial charge < -0.3 is 5.73 Å². The van der Waals surface area contributed by atoms with Crippen LogP contribution in [0.25, 0.3) is 5.65 Å². The molecule has 0 bridgehead atoms. The van der Waals surface area contributed by atoms with Crippen molar-refractivity contribution in [3.8, 4) is 0 Å². The van der Waals surface area contributed by atoms with Gasteiger partial charge in [-0.1, -0.05) is 0 Å². The number of aryl methyl sites for hydroxylation is 1. The maximum atomic E-state index is 11.6. The van der Waals surface area contributed by atoms with Crippen molar-refractivity contribution in [2.45, 2.75) is 19.9 Å². The van der Waals surface area contributed by atoms with Gasteiger partial charge in [0.2, 0.25) is 0 Å². The maximum Gasteiger partial charge on any atom is 0.182 e. The third-order valence-corrected chi connectivity index (χ3v) is 2.13. The van der Waals surface area contributed by atoms with Gasteiger partial charge in [0.1, 0.15) is 0 Å². The van der Waals surface area contributed by atoms with Gasteiger partial charge in [-0.2, -0.15) is 5.10 Å². The topological polar surface area (TPSA) is 73.3 Å². The molecule has 2 aromatic heterocycles. The average Bonchev–Trinajstić information content (AvgIpc) is 2.55. The monoisotopic (exact) mass is 204 g/mol. The van der Waals surface area contributed by atoms with Gasteiger partial charge >= 0.3 is 0 Å². The molecule has 0 spiro atoms. The van der Waals surface area contributed by atoms with Crippen molar-refractivity contribution in [1.29, 1.82) is 0 Å². The van der Waals surface area contributed by atoms with Crippen LogP contribution in [0.3, 0.4) is 0 Å². The van der Waals surface area contributed by atoms with E-state index in [2.05, 4.69) is 10.1 Å². The van der Waals surface area contributed by atoms with Crippen LogP contribution in [0.15, 0.2) is 18.5 Å². The molecule has 0 saturated carbocycles. The Labute approximate surface area is 86.9 Å². The van der Waals surface area contributed by atoms with Crippen molar-refractivity contribution in [1.82, 2.24) is 14.6 Å². The first-order valence-electron chi connectivity index (χ1n) is 4.70. The highest BCUT2D eigenvalue weighted by molar-refractivity contribution is 5.99. The summed E-state index contributed by atoms with van der Waals surface area (Å²) in [5, 5.41) is 4.18. The lowest BCUT2D eigenvalue weighted by atomic mass is 10.1. The Bertz CT molecular complexity index is 515. The van der Waals surface area contributed by atoms with E-state index in [1.54, 1.807) is 17.6 Å². The molecule has 2 rings (SSSR count). The molecule has 5 nitrogen and oxygen atoms in total. The van der Waals surface area contributed by atoms with Gasteiger partial charge in [0.05, 0.1) is 17.3 Å². The van der Waals surface area contributed by atoms with E-state index >= 15 is 0 Å². The van der Waals surface area contributed by atoms with E-state index in [4.69, 9.17) is 5.73 Å². The standard InChI is InChI=1S/C10H12N4O/c1-6-3-9-12-4-8(5-14(9)13-6)10(15)7(2)11/h3-5,7H,11H2,1-2H3. The molecule has 0 saturated heterocycles. The fraction of sp³-hybridized carbons (Fsp3) is 0.300. The van der Waals surface area contributed by atoms with Crippen LogP contribution in [0, 0.1) is 6.92 Å². The van der Waals surface area contributed by atoms with E-state index in [0.29, 0.717) is 5.56 Å². The molecule has 2 heterocycles. The number of rotatable bonds is 2. The Balaban J connectivity index is 2.51. The van der Waals surface area contributed by atoms with Crippen LogP contribution in [0.5, 0.6) is 0 Å². The van der Waals surface area contributed by atoms with Crippen LogP contribution < -0.4 is 5.73 Å². The number of carbonyl (C=O) groups excluding carboxylic acids is 1. The molecule has 2 N–H and O–H groups in total. The smallest absolute Gasteiger partial charge is 0.182 e. The number of Topliss-reactive ketones (excluding diaryl/α,β-unsaturated/α-hetero) is 1. The van der Waals surface area contributed by atoms with Crippen LogP contribution in [-0.2, 0) is 0 Å². The zero-order valence-corrected chi connectivity index (χ0v) is 8.64. The number of fused-ring (bicyclic) bond motifs is 1. The lowest BCUT2D eigenvalue weighted by Gasteiger charge is -2.03. The molecular formula is C10H12N4O. The molecule has 78 valence electrons. The SMILES string of the molecule is Cc1cc2ncc(C(=O)C(C)N)cn2n1. The van der Waals surface area contributed by atoms with Crippen LogP contribution in [0.1, 0.15) is 23.0 Å². The molecule has 0 amide bonds. The third-order valence-electron chi connectivity index (χ3n) is 2.13. The molecule has 0 fully saturated rings. The van der Waals surface area contributed by atoms with E-state index in [-0.39, 0.29) is 5.78 Å². The molecule has 1 atom stereocenters. The average molecular weight is 204 g/mol. The van der Waals surface area contributed by atoms with Gasteiger partial charge in [-0.3, -0.25) is 4.79 Å². The van der Waals surface area contributed by atoms with E-state index < -0.39 is 6.04 Å². The number of nitrogens with zero attached hydrogens (tertiary/aromatic N) is 3. The molecular weight excluding hydrogens is 192 g/mol. The van der Waals surface area contributed by atoms with Gasteiger partial charge in [-0.05, 0) is 13.8 Å². The molecule has 1 unspecified atom stereocenters. The van der Waals surface area contributed by atoms with Gasteiger partial charge in [-0.25, -0.2) is 9.50 Å². The number of hydrogen-bond acceptors (Lipinski definition) is 4. The molecule has 0 aliphatic heterocycles. The first-order valence-corrected chi connectivity index (χ1v) is 4.70. The fourth-order valence-electron chi connectivity index (χ4n) is 1.39. The van der Waals surface area contributed by atoms with Crippen molar-refractivity contribution in [3.63, 3.8) is 0 Å². The largest absolute Gasteiger partial charge is 0.321 e. The van der Waals surface area contributed by atoms with Crippen LogP contribution in [-0.4, -0.2) is 26.4 Å². The Morgan fingerprint density at radius 2 is 2.33 bits per heavy atom. The quantitative estimate of drug-likeness (QED) is 0.726. The van der Waals surface area contributed by atoms with Crippen molar-refractivity contribution in [2.24, 2.45) is 5.73 Å². The summed E-state index contributed by atoms with van der Waals surface area (Å²) in [6.45, 7) is 3.53. The third kappa shape index (κ3) is 1.73. The summed E-state index contributed by atoms with van der Waals surface area (Å²) in [6.07, 6.45) is 3.18. The number of carbonyl (C=O) groups is 1. The summed E-state index contributed by atoms with van der Waals surface area (Å²) < 4.78 is 1.59. The van der Waals surface area contributed by atoms with E-state index in [1.165, 1.54) is 6.20 Å². The predicted molar refractivity (Wildman–Crippen MR) is 55.7 cm³/mol. The van der Waals surface area contributed by atoms with Gasteiger partial charge in [0.15, 0.2) is 11.4 Å². The van der Waals surface area contributed by atoms with Crippen LogP contribution >= 0.6 is 0 Å². The van der Waals surface area contributed by atoms with Crippen molar-refractivity contribution in [2.75, 3.05) is 0 Å². The summed E-state index contributed by atoms with van der Waals surface area (Å²) in [7, 11) is 0. The lowest BCUT2D eigenvalue weighted by molar-refractivity contribution is 0.0967. The normalized spacial score (nSPS) is 13.0. The second kappa shape index (κ2) is 3.43. The first-order chi connectivity index (χ1) is 7.08. The minimum atomic E-state index is -0.513. The highest BCUT2D eigenvalue weighted by Crippen LogP contribution is 2.06. The van der Waals surface area contributed by atoms with Crippen molar-refractivity contribution >= 4 is 11.4 Å². The Morgan fingerprint density at radius 1 is 1.60 bits per heavy atom. The Kier molecular flexibility index (Phi) is 2.24. The maximum absolute atomic E-state index is 11.6. The molecule has 2 aromatic rings. The zero-order valence-electron chi connectivity index (χ0n) is 8.64. The minimum absolute atomic E-state index is 0.127. The highest BCUT2D eigenvalue weighted by atomic mass is 16.1. The van der Waals surface area contributed by atoms with E-state index in [9.17, 15) is 4.79 Å². The zero-order chi connectivity index (χ0) is 11.0.